The van der Waals surface area contributed by atoms with Crippen LogP contribution in [0.15, 0.2) is 79.1 Å². The first-order chi connectivity index (χ1) is 14.6. The number of aromatic nitrogens is 2. The molecule has 0 aliphatic rings. The van der Waals surface area contributed by atoms with Gasteiger partial charge in [-0.2, -0.15) is 19.2 Å². The third kappa shape index (κ3) is 6.11. The van der Waals surface area contributed by atoms with E-state index in [0.717, 1.165) is 28.2 Å². The summed E-state index contributed by atoms with van der Waals surface area (Å²) in [6.07, 6.45) is 4.56. The Morgan fingerprint density at radius 2 is 1.57 bits per heavy atom. The van der Waals surface area contributed by atoms with Crippen molar-refractivity contribution in [3.63, 3.8) is 0 Å². The molecule has 7 heteroatoms. The van der Waals surface area contributed by atoms with E-state index >= 15 is 0 Å². The number of fused-ring (bicyclic) bond motifs is 1. The van der Waals surface area contributed by atoms with Gasteiger partial charge < -0.3 is 9.14 Å². The van der Waals surface area contributed by atoms with Crippen molar-refractivity contribution < 1.29 is 23.9 Å². The summed E-state index contributed by atoms with van der Waals surface area (Å²) in [4.78, 5) is 37.2. The van der Waals surface area contributed by atoms with Gasteiger partial charge in [0.05, 0.1) is 5.69 Å². The normalized spacial score (nSPS) is 9.23. The van der Waals surface area contributed by atoms with Crippen molar-refractivity contribution in [1.82, 2.24) is 9.38 Å². The topological polar surface area (TPSA) is 94.8 Å². The van der Waals surface area contributed by atoms with Gasteiger partial charge >= 0.3 is 12.3 Å². The molecule has 0 N–H and O–H groups in total. The van der Waals surface area contributed by atoms with Crippen LogP contribution < -0.4 is 4.74 Å². The van der Waals surface area contributed by atoms with Crippen LogP contribution in [-0.4, -0.2) is 21.7 Å². The van der Waals surface area contributed by atoms with E-state index in [9.17, 15) is 0 Å². The zero-order valence-electron chi connectivity index (χ0n) is 16.1. The fourth-order valence-corrected chi connectivity index (χ4v) is 2.78. The number of rotatable bonds is 4. The number of aryl methyl sites for hydroxylation is 1. The van der Waals surface area contributed by atoms with E-state index in [1.807, 2.05) is 53.1 Å². The fraction of sp³-hybridized carbons (Fsp3) is 0.0870. The van der Waals surface area contributed by atoms with Gasteiger partial charge in [0.2, 0.25) is 0 Å². The number of benzene rings is 2. The highest BCUT2D eigenvalue weighted by Crippen LogP contribution is 2.26. The van der Waals surface area contributed by atoms with Gasteiger partial charge in [0.25, 0.3) is 0 Å². The first-order valence-electron chi connectivity index (χ1n) is 8.83. The van der Waals surface area contributed by atoms with Gasteiger partial charge in [0, 0.05) is 18.0 Å². The molecule has 0 spiro atoms. The molecule has 0 bridgehead atoms. The predicted molar refractivity (Wildman–Crippen MR) is 106 cm³/mol. The van der Waals surface area contributed by atoms with Crippen molar-refractivity contribution in [2.75, 3.05) is 0 Å². The van der Waals surface area contributed by atoms with E-state index in [-0.39, 0.29) is 12.3 Å². The summed E-state index contributed by atoms with van der Waals surface area (Å²) < 4.78 is 7.98. The second kappa shape index (κ2) is 11.5. The fourth-order valence-electron chi connectivity index (χ4n) is 2.78. The minimum Gasteiger partial charge on any atom is -0.489 e. The zero-order chi connectivity index (χ0) is 21.8. The molecule has 0 saturated heterocycles. The molecule has 7 nitrogen and oxygen atoms in total. The minimum absolute atomic E-state index is 0.250. The van der Waals surface area contributed by atoms with Gasteiger partial charge in [-0.1, -0.05) is 36.4 Å². The highest BCUT2D eigenvalue weighted by Gasteiger charge is 2.07. The third-order valence-electron chi connectivity index (χ3n) is 4.07. The summed E-state index contributed by atoms with van der Waals surface area (Å²) in [5.74, 6) is 0.909. The van der Waals surface area contributed by atoms with Gasteiger partial charge in [0.15, 0.2) is 0 Å². The lowest BCUT2D eigenvalue weighted by molar-refractivity contribution is -0.193. The Bertz CT molecular complexity index is 1110. The van der Waals surface area contributed by atoms with Crippen LogP contribution in [0.4, 0.5) is 0 Å². The average Bonchev–Trinajstić information content (AvgIpc) is 3.19. The zero-order valence-corrected chi connectivity index (χ0v) is 16.1. The predicted octanol–water partition coefficient (Wildman–Crippen LogP) is 3.72. The van der Waals surface area contributed by atoms with E-state index in [1.54, 1.807) is 0 Å². The molecule has 0 aliphatic carbocycles. The van der Waals surface area contributed by atoms with Crippen molar-refractivity contribution in [1.29, 1.82) is 0 Å². The molecule has 0 amide bonds. The Morgan fingerprint density at radius 1 is 0.900 bits per heavy atom. The summed E-state index contributed by atoms with van der Waals surface area (Å²) in [6, 6.07) is 22.4. The SMILES string of the molecule is Cc1cc(-c2cn3ccccc3n2)ccc1OCc1ccccc1.O=C=O.O=C=O. The summed E-state index contributed by atoms with van der Waals surface area (Å²) >= 11 is 0. The molecule has 0 fully saturated rings. The van der Waals surface area contributed by atoms with E-state index in [0.29, 0.717) is 6.61 Å². The van der Waals surface area contributed by atoms with Gasteiger partial charge in [-0.25, -0.2) is 4.98 Å². The Hall–Kier alpha value is -4.31. The number of ether oxygens (including phenoxy) is 1. The maximum Gasteiger partial charge on any atom is 0.373 e. The molecule has 0 saturated carbocycles. The maximum absolute atomic E-state index is 8.12. The quantitative estimate of drug-likeness (QED) is 0.516. The number of pyridine rings is 1. The molecular weight excluding hydrogens is 384 g/mol. The molecule has 0 aliphatic heterocycles. The largest absolute Gasteiger partial charge is 0.489 e. The molecule has 150 valence electrons. The van der Waals surface area contributed by atoms with Crippen molar-refractivity contribution in [3.8, 4) is 17.0 Å². The summed E-state index contributed by atoms with van der Waals surface area (Å²) in [6.45, 7) is 2.65. The Kier molecular flexibility index (Phi) is 8.44. The van der Waals surface area contributed by atoms with E-state index < -0.39 is 0 Å². The van der Waals surface area contributed by atoms with Crippen LogP contribution >= 0.6 is 0 Å². The molecule has 0 radical (unpaired) electrons. The van der Waals surface area contributed by atoms with Crippen molar-refractivity contribution in [2.24, 2.45) is 0 Å². The van der Waals surface area contributed by atoms with Gasteiger partial charge in [-0.3, -0.25) is 0 Å². The Morgan fingerprint density at radius 3 is 2.20 bits per heavy atom. The van der Waals surface area contributed by atoms with Gasteiger partial charge in [-0.15, -0.1) is 0 Å². The second-order valence-electron chi connectivity index (χ2n) is 6.01. The van der Waals surface area contributed by atoms with Crippen molar-refractivity contribution in [3.05, 3.63) is 90.3 Å². The number of hydrogen-bond acceptors (Lipinski definition) is 6. The molecule has 0 unspecified atom stereocenters. The van der Waals surface area contributed by atoms with Crippen LogP contribution in [0.2, 0.25) is 0 Å². The second-order valence-corrected chi connectivity index (χ2v) is 6.01. The van der Waals surface area contributed by atoms with Crippen molar-refractivity contribution >= 4 is 18.0 Å². The van der Waals surface area contributed by atoms with Gasteiger partial charge in [0.1, 0.15) is 18.0 Å². The first-order valence-corrected chi connectivity index (χ1v) is 8.83. The van der Waals surface area contributed by atoms with Crippen LogP contribution in [-0.2, 0) is 25.8 Å². The lowest BCUT2D eigenvalue weighted by Crippen LogP contribution is -1.96. The number of carbonyl (C=O) groups excluding carboxylic acids is 4. The average molecular weight is 402 g/mol. The van der Waals surface area contributed by atoms with Crippen LogP contribution in [0.5, 0.6) is 5.75 Å². The lowest BCUT2D eigenvalue weighted by Gasteiger charge is -2.10. The maximum atomic E-state index is 8.12. The molecular formula is C23H18N2O5. The monoisotopic (exact) mass is 402 g/mol. The summed E-state index contributed by atoms with van der Waals surface area (Å²) in [7, 11) is 0. The molecule has 30 heavy (non-hydrogen) atoms. The molecule has 2 aromatic carbocycles. The number of hydrogen-bond donors (Lipinski definition) is 0. The van der Waals surface area contributed by atoms with Crippen LogP contribution in [0.1, 0.15) is 11.1 Å². The van der Waals surface area contributed by atoms with Crippen LogP contribution in [0.25, 0.3) is 16.9 Å². The molecule has 2 heterocycles. The smallest absolute Gasteiger partial charge is 0.373 e. The highest BCUT2D eigenvalue weighted by molar-refractivity contribution is 5.64. The highest BCUT2D eigenvalue weighted by atomic mass is 16.5. The molecule has 4 aromatic rings. The molecule has 2 aromatic heterocycles. The van der Waals surface area contributed by atoms with E-state index in [1.165, 1.54) is 5.56 Å². The summed E-state index contributed by atoms with van der Waals surface area (Å²) in [5.41, 5.74) is 5.30. The third-order valence-corrected chi connectivity index (χ3v) is 4.07. The van der Waals surface area contributed by atoms with E-state index in [2.05, 4.69) is 42.4 Å². The molecule has 0 atom stereocenters. The van der Waals surface area contributed by atoms with Gasteiger partial charge in [-0.05, 0) is 48.4 Å². The Labute approximate surface area is 172 Å². The molecule has 4 rings (SSSR count). The lowest BCUT2D eigenvalue weighted by atomic mass is 10.1. The number of imidazole rings is 1. The van der Waals surface area contributed by atoms with Crippen molar-refractivity contribution in [2.45, 2.75) is 13.5 Å². The summed E-state index contributed by atoms with van der Waals surface area (Å²) in [5, 5.41) is 0. The number of nitrogens with zero attached hydrogens (tertiary/aromatic N) is 2. The van der Waals surface area contributed by atoms with E-state index in [4.69, 9.17) is 23.9 Å². The minimum atomic E-state index is 0.250. The first kappa shape index (κ1) is 22.0. The van der Waals surface area contributed by atoms with Crippen LogP contribution in [0, 0.1) is 6.92 Å². The standard InChI is InChI=1S/C21H18N2O.2CO2/c1-16-13-18(19-14-23-12-6-5-9-21(23)22-19)10-11-20(16)24-15-17-7-3-2-4-8-17;2*2-1-3/h2-14H,15H2,1H3;;. The Balaban J connectivity index is 0.000000480. The van der Waals surface area contributed by atoms with Crippen LogP contribution in [0.3, 0.4) is 0 Å².